The number of nitrogens with zero attached hydrogens (tertiary/aromatic N) is 5. The second-order valence-electron chi connectivity index (χ2n) is 7.92. The minimum Gasteiger partial charge on any atom is -0.337 e. The average Bonchev–Trinajstić information content (AvgIpc) is 3.30. The predicted molar refractivity (Wildman–Crippen MR) is 106 cm³/mol. The van der Waals surface area contributed by atoms with Crippen molar-refractivity contribution in [2.45, 2.75) is 51.5 Å². The lowest BCUT2D eigenvalue weighted by molar-refractivity contribution is -0.136. The number of rotatable bonds is 4. The molecule has 3 aliphatic heterocycles. The molecule has 3 N–H and O–H groups in total. The summed E-state index contributed by atoms with van der Waals surface area (Å²) in [5.41, 5.74) is 8.28. The van der Waals surface area contributed by atoms with Gasteiger partial charge in [-0.3, -0.25) is 19.7 Å². The van der Waals surface area contributed by atoms with Crippen molar-refractivity contribution in [1.82, 2.24) is 25.0 Å². The standard InChI is InChI=1S/C20H23N7O3/c21-9-16-22-20-25(6-1-7-27(20)24-16)10-12-2-3-14-13(8-12)11-26(19(14)30)15-4-5-17(28)23-18(15)29/h2-3,8,15H,1,4-7,9-11,21H2,(H,23,28,29). The van der Waals surface area contributed by atoms with Gasteiger partial charge in [0.1, 0.15) is 6.04 Å². The van der Waals surface area contributed by atoms with E-state index in [0.717, 1.165) is 36.6 Å². The van der Waals surface area contributed by atoms with Crippen LogP contribution in [0, 0.1) is 0 Å². The zero-order chi connectivity index (χ0) is 20.8. The molecule has 30 heavy (non-hydrogen) atoms. The zero-order valence-electron chi connectivity index (χ0n) is 16.5. The van der Waals surface area contributed by atoms with Crippen LogP contribution in [0.5, 0.6) is 0 Å². The minimum atomic E-state index is -0.596. The van der Waals surface area contributed by atoms with Crippen molar-refractivity contribution >= 4 is 23.7 Å². The maximum Gasteiger partial charge on any atom is 0.255 e. The van der Waals surface area contributed by atoms with Gasteiger partial charge in [0.15, 0.2) is 5.82 Å². The lowest BCUT2D eigenvalue weighted by atomic mass is 10.0. The average molecular weight is 409 g/mol. The molecule has 1 saturated heterocycles. The third-order valence-electron chi connectivity index (χ3n) is 5.92. The Balaban J connectivity index is 1.35. The summed E-state index contributed by atoms with van der Waals surface area (Å²) in [6.07, 6.45) is 1.60. The highest BCUT2D eigenvalue weighted by molar-refractivity contribution is 6.05. The molecule has 1 fully saturated rings. The number of benzene rings is 1. The maximum atomic E-state index is 12.8. The van der Waals surface area contributed by atoms with E-state index in [0.29, 0.717) is 37.4 Å². The Labute approximate surface area is 173 Å². The van der Waals surface area contributed by atoms with Gasteiger partial charge < -0.3 is 15.5 Å². The molecule has 0 aliphatic carbocycles. The van der Waals surface area contributed by atoms with Gasteiger partial charge in [0, 0.05) is 38.2 Å². The van der Waals surface area contributed by atoms with E-state index in [9.17, 15) is 14.4 Å². The van der Waals surface area contributed by atoms with E-state index >= 15 is 0 Å². The van der Waals surface area contributed by atoms with Gasteiger partial charge in [0.2, 0.25) is 17.8 Å². The molecule has 1 aromatic heterocycles. The molecule has 3 aliphatic rings. The highest BCUT2D eigenvalue weighted by atomic mass is 16.2. The molecule has 2 aromatic rings. The van der Waals surface area contributed by atoms with Crippen molar-refractivity contribution < 1.29 is 14.4 Å². The first-order valence-electron chi connectivity index (χ1n) is 10.2. The normalized spacial score (nSPS) is 21.0. The number of carbonyl (C=O) groups is 3. The Morgan fingerprint density at radius 3 is 2.87 bits per heavy atom. The van der Waals surface area contributed by atoms with E-state index in [-0.39, 0.29) is 18.2 Å². The van der Waals surface area contributed by atoms with Crippen molar-refractivity contribution in [1.29, 1.82) is 0 Å². The first-order valence-corrected chi connectivity index (χ1v) is 10.2. The second-order valence-corrected chi connectivity index (χ2v) is 7.92. The minimum absolute atomic E-state index is 0.156. The summed E-state index contributed by atoms with van der Waals surface area (Å²) < 4.78 is 1.90. The molecular formula is C20H23N7O3. The summed E-state index contributed by atoms with van der Waals surface area (Å²) >= 11 is 0. The molecule has 0 saturated carbocycles. The van der Waals surface area contributed by atoms with Gasteiger partial charge in [0.25, 0.3) is 5.91 Å². The van der Waals surface area contributed by atoms with Gasteiger partial charge in [-0.1, -0.05) is 12.1 Å². The highest BCUT2D eigenvalue weighted by Crippen LogP contribution is 2.29. The summed E-state index contributed by atoms with van der Waals surface area (Å²) in [5, 5.41) is 6.76. The number of hydrogen-bond donors (Lipinski definition) is 2. The lowest BCUT2D eigenvalue weighted by Gasteiger charge is -2.29. The molecular weight excluding hydrogens is 386 g/mol. The van der Waals surface area contributed by atoms with Crippen molar-refractivity contribution in [3.8, 4) is 0 Å². The molecule has 3 amide bonds. The van der Waals surface area contributed by atoms with Crippen LogP contribution in [0.1, 0.15) is 46.6 Å². The Morgan fingerprint density at radius 1 is 1.20 bits per heavy atom. The summed E-state index contributed by atoms with van der Waals surface area (Å²) in [7, 11) is 0. The second kappa shape index (κ2) is 7.21. The van der Waals surface area contributed by atoms with Crippen molar-refractivity contribution in [3.63, 3.8) is 0 Å². The monoisotopic (exact) mass is 409 g/mol. The van der Waals surface area contributed by atoms with Crippen LogP contribution in [-0.4, -0.2) is 50.0 Å². The van der Waals surface area contributed by atoms with Gasteiger partial charge in [-0.25, -0.2) is 4.68 Å². The van der Waals surface area contributed by atoms with Crippen LogP contribution in [0.3, 0.4) is 0 Å². The van der Waals surface area contributed by atoms with E-state index in [2.05, 4.69) is 20.3 Å². The quantitative estimate of drug-likeness (QED) is 0.676. The first kappa shape index (κ1) is 18.7. The fourth-order valence-corrected chi connectivity index (χ4v) is 4.46. The number of piperidine rings is 1. The van der Waals surface area contributed by atoms with Gasteiger partial charge >= 0.3 is 0 Å². The van der Waals surface area contributed by atoms with Gasteiger partial charge in [-0.2, -0.15) is 10.1 Å². The number of aryl methyl sites for hydroxylation is 1. The SMILES string of the molecule is NCc1nc2n(n1)CCCN2Cc1ccc2c(c1)CN(C1CCC(=O)NC1=O)C2=O. The number of hydrogen-bond acceptors (Lipinski definition) is 7. The number of nitrogens with two attached hydrogens (primary N) is 1. The van der Waals surface area contributed by atoms with E-state index < -0.39 is 11.9 Å². The number of aromatic nitrogens is 3. The molecule has 0 bridgehead atoms. The summed E-state index contributed by atoms with van der Waals surface area (Å²) in [5.74, 6) is 0.627. The van der Waals surface area contributed by atoms with Gasteiger partial charge in [-0.15, -0.1) is 0 Å². The number of anilines is 1. The Morgan fingerprint density at radius 2 is 2.07 bits per heavy atom. The van der Waals surface area contributed by atoms with Gasteiger partial charge in [-0.05, 0) is 30.0 Å². The molecule has 10 nitrogen and oxygen atoms in total. The van der Waals surface area contributed by atoms with Crippen LogP contribution in [-0.2, 0) is 35.8 Å². The van der Waals surface area contributed by atoms with Gasteiger partial charge in [0.05, 0.1) is 6.54 Å². The molecule has 10 heteroatoms. The van der Waals surface area contributed by atoms with Crippen molar-refractivity contribution in [3.05, 3.63) is 40.7 Å². The molecule has 1 unspecified atom stereocenters. The number of imide groups is 1. The lowest BCUT2D eigenvalue weighted by Crippen LogP contribution is -2.52. The number of nitrogens with one attached hydrogen (secondary N) is 1. The third kappa shape index (κ3) is 3.13. The number of fused-ring (bicyclic) bond motifs is 2. The van der Waals surface area contributed by atoms with Crippen LogP contribution in [0.4, 0.5) is 5.95 Å². The van der Waals surface area contributed by atoms with Crippen LogP contribution in [0.25, 0.3) is 0 Å². The molecule has 5 rings (SSSR count). The van der Waals surface area contributed by atoms with Crippen LogP contribution < -0.4 is 16.0 Å². The summed E-state index contributed by atoms with van der Waals surface area (Å²) in [6, 6.07) is 5.21. The molecule has 0 radical (unpaired) electrons. The Bertz CT molecular complexity index is 1050. The topological polar surface area (TPSA) is 126 Å². The van der Waals surface area contributed by atoms with Crippen molar-refractivity contribution in [2.24, 2.45) is 5.73 Å². The molecule has 1 atom stereocenters. The maximum absolute atomic E-state index is 12.8. The van der Waals surface area contributed by atoms with Crippen LogP contribution in [0.15, 0.2) is 18.2 Å². The Kier molecular flexibility index (Phi) is 4.50. The van der Waals surface area contributed by atoms with E-state index in [1.165, 1.54) is 0 Å². The summed E-state index contributed by atoms with van der Waals surface area (Å²) in [4.78, 5) is 44.7. The highest BCUT2D eigenvalue weighted by Gasteiger charge is 2.39. The van der Waals surface area contributed by atoms with E-state index in [1.54, 1.807) is 4.90 Å². The number of amides is 3. The largest absolute Gasteiger partial charge is 0.337 e. The fourth-order valence-electron chi connectivity index (χ4n) is 4.46. The van der Waals surface area contributed by atoms with Crippen LogP contribution in [0.2, 0.25) is 0 Å². The van der Waals surface area contributed by atoms with Crippen molar-refractivity contribution in [2.75, 3.05) is 11.4 Å². The molecule has 156 valence electrons. The molecule has 0 spiro atoms. The first-order chi connectivity index (χ1) is 14.5. The molecule has 1 aromatic carbocycles. The van der Waals surface area contributed by atoms with E-state index in [4.69, 9.17) is 5.73 Å². The predicted octanol–water partition coefficient (Wildman–Crippen LogP) is -0.0919. The molecule has 4 heterocycles. The summed E-state index contributed by atoms with van der Waals surface area (Å²) in [6.45, 7) is 3.05. The Hall–Kier alpha value is -3.27. The fraction of sp³-hybridized carbons (Fsp3) is 0.450. The van der Waals surface area contributed by atoms with Crippen LogP contribution >= 0.6 is 0 Å². The third-order valence-corrected chi connectivity index (χ3v) is 5.92. The smallest absolute Gasteiger partial charge is 0.255 e. The number of carbonyl (C=O) groups excluding carboxylic acids is 3. The zero-order valence-corrected chi connectivity index (χ0v) is 16.5. The van der Waals surface area contributed by atoms with E-state index in [1.807, 2.05) is 22.9 Å².